The molecule has 3 rings (SSSR count). The Balaban J connectivity index is 1.83. The van der Waals surface area contributed by atoms with Gasteiger partial charge in [-0.2, -0.15) is 0 Å². The molecule has 2 amide bonds. The fourth-order valence-corrected chi connectivity index (χ4v) is 3.17. The zero-order valence-corrected chi connectivity index (χ0v) is 15.0. The van der Waals surface area contributed by atoms with Crippen LogP contribution in [0.15, 0.2) is 42.5 Å². The van der Waals surface area contributed by atoms with Crippen LogP contribution in [-0.4, -0.2) is 42.0 Å². The van der Waals surface area contributed by atoms with Crippen LogP contribution in [0.5, 0.6) is 0 Å². The first-order chi connectivity index (χ1) is 12.8. The molecular formula is C20H20F2N2O3. The molecule has 2 aromatic rings. The number of carbonyl (C=O) groups excluding carboxylic acids is 2. The van der Waals surface area contributed by atoms with E-state index >= 15 is 0 Å². The lowest BCUT2D eigenvalue weighted by atomic mass is 10.1. The molecule has 5 nitrogen and oxygen atoms in total. The smallest absolute Gasteiger partial charge is 0.256 e. The first-order valence-corrected chi connectivity index (χ1v) is 8.64. The number of nitrogens with zero attached hydrogens (tertiary/aromatic N) is 1. The van der Waals surface area contributed by atoms with Crippen LogP contribution in [0.1, 0.15) is 34.6 Å². The van der Waals surface area contributed by atoms with Crippen molar-refractivity contribution in [1.82, 2.24) is 4.90 Å². The van der Waals surface area contributed by atoms with E-state index in [9.17, 15) is 18.4 Å². The van der Waals surface area contributed by atoms with Gasteiger partial charge in [-0.15, -0.1) is 0 Å². The van der Waals surface area contributed by atoms with Gasteiger partial charge < -0.3 is 15.0 Å². The van der Waals surface area contributed by atoms with E-state index in [-0.39, 0.29) is 29.4 Å². The second-order valence-corrected chi connectivity index (χ2v) is 6.63. The standard InChI is InChI=1S/C20H20F2N2O3/c1-12-10-24(11-13(2)27-12)20(26)17-5-3-4-6-18(17)23-19(25)14-7-15(21)9-16(22)8-14/h3-9,12-13H,10-11H2,1-2H3,(H,23,25)/t12-,13-/m1/s1. The molecule has 0 aliphatic carbocycles. The summed E-state index contributed by atoms with van der Waals surface area (Å²) >= 11 is 0. The van der Waals surface area contributed by atoms with Crippen LogP contribution in [0.4, 0.5) is 14.5 Å². The third-order valence-electron chi connectivity index (χ3n) is 4.24. The van der Waals surface area contributed by atoms with Crippen molar-refractivity contribution in [2.24, 2.45) is 0 Å². The van der Waals surface area contributed by atoms with Gasteiger partial charge in [-0.3, -0.25) is 9.59 Å². The largest absolute Gasteiger partial charge is 0.372 e. The Kier molecular flexibility index (Phi) is 5.51. The third-order valence-corrected chi connectivity index (χ3v) is 4.24. The molecule has 27 heavy (non-hydrogen) atoms. The Morgan fingerprint density at radius 2 is 1.63 bits per heavy atom. The third kappa shape index (κ3) is 4.49. The molecule has 0 spiro atoms. The van der Waals surface area contributed by atoms with E-state index in [1.807, 2.05) is 13.8 Å². The molecule has 1 N–H and O–H groups in total. The van der Waals surface area contributed by atoms with Gasteiger partial charge in [0.1, 0.15) is 11.6 Å². The lowest BCUT2D eigenvalue weighted by Crippen LogP contribution is -2.48. The van der Waals surface area contributed by atoms with E-state index in [0.29, 0.717) is 24.7 Å². The average molecular weight is 374 g/mol. The lowest BCUT2D eigenvalue weighted by molar-refractivity contribution is -0.0585. The predicted octanol–water partition coefficient (Wildman–Crippen LogP) is 3.47. The molecule has 0 radical (unpaired) electrons. The summed E-state index contributed by atoms with van der Waals surface area (Å²) in [6.07, 6.45) is -0.176. The number of rotatable bonds is 3. The van der Waals surface area contributed by atoms with Gasteiger partial charge in [0.15, 0.2) is 0 Å². The quantitative estimate of drug-likeness (QED) is 0.895. The van der Waals surface area contributed by atoms with Crippen LogP contribution in [0.3, 0.4) is 0 Å². The number of ether oxygens (including phenoxy) is 1. The number of carbonyl (C=O) groups is 2. The van der Waals surface area contributed by atoms with Crippen molar-refractivity contribution in [1.29, 1.82) is 0 Å². The van der Waals surface area contributed by atoms with Gasteiger partial charge in [0.05, 0.1) is 23.5 Å². The molecule has 1 aliphatic heterocycles. The molecule has 0 aromatic heterocycles. The Morgan fingerprint density at radius 3 is 2.26 bits per heavy atom. The number of anilines is 1. The number of halogens is 2. The fraction of sp³-hybridized carbons (Fsp3) is 0.300. The zero-order valence-electron chi connectivity index (χ0n) is 15.0. The number of amides is 2. The Hall–Kier alpha value is -2.80. The number of para-hydroxylation sites is 1. The molecule has 1 aliphatic rings. The van der Waals surface area contributed by atoms with Crippen molar-refractivity contribution in [3.63, 3.8) is 0 Å². The predicted molar refractivity (Wildman–Crippen MR) is 96.7 cm³/mol. The summed E-state index contributed by atoms with van der Waals surface area (Å²) in [5, 5.41) is 2.57. The molecule has 1 heterocycles. The van der Waals surface area contributed by atoms with E-state index in [1.165, 1.54) is 0 Å². The molecule has 2 aromatic carbocycles. The summed E-state index contributed by atoms with van der Waals surface area (Å²) in [6, 6.07) is 9.11. The fourth-order valence-electron chi connectivity index (χ4n) is 3.17. The van der Waals surface area contributed by atoms with Crippen LogP contribution >= 0.6 is 0 Å². The summed E-state index contributed by atoms with van der Waals surface area (Å²) in [7, 11) is 0. The van der Waals surface area contributed by atoms with E-state index in [0.717, 1.165) is 12.1 Å². The first kappa shape index (κ1) is 19.0. The van der Waals surface area contributed by atoms with E-state index in [4.69, 9.17) is 4.74 Å². The highest BCUT2D eigenvalue weighted by molar-refractivity contribution is 6.09. The monoisotopic (exact) mass is 374 g/mol. The first-order valence-electron chi connectivity index (χ1n) is 8.64. The van der Waals surface area contributed by atoms with Crippen LogP contribution in [0, 0.1) is 11.6 Å². The molecule has 1 fully saturated rings. The van der Waals surface area contributed by atoms with Gasteiger partial charge in [-0.05, 0) is 38.1 Å². The summed E-state index contributed by atoms with van der Waals surface area (Å²) in [5.74, 6) is -2.63. The summed E-state index contributed by atoms with van der Waals surface area (Å²) in [4.78, 5) is 27.0. The SMILES string of the molecule is C[C@@H]1CN(C(=O)c2ccccc2NC(=O)c2cc(F)cc(F)c2)C[C@@H](C)O1. The minimum absolute atomic E-state index is 0.0882. The van der Waals surface area contributed by atoms with Gasteiger partial charge >= 0.3 is 0 Å². The second kappa shape index (κ2) is 7.84. The normalized spacial score (nSPS) is 19.6. The van der Waals surface area contributed by atoms with Crippen LogP contribution in [0.25, 0.3) is 0 Å². The maximum Gasteiger partial charge on any atom is 0.256 e. The average Bonchev–Trinajstić information content (AvgIpc) is 2.60. The Bertz CT molecular complexity index is 842. The van der Waals surface area contributed by atoms with Gasteiger partial charge in [-0.1, -0.05) is 12.1 Å². The highest BCUT2D eigenvalue weighted by Gasteiger charge is 2.28. The van der Waals surface area contributed by atoms with E-state index < -0.39 is 17.5 Å². The minimum Gasteiger partial charge on any atom is -0.372 e. The van der Waals surface area contributed by atoms with Gasteiger partial charge in [0, 0.05) is 24.7 Å². The topological polar surface area (TPSA) is 58.6 Å². The Labute approximate surface area is 155 Å². The van der Waals surface area contributed by atoms with Crippen molar-refractivity contribution < 1.29 is 23.1 Å². The van der Waals surface area contributed by atoms with Crippen molar-refractivity contribution in [2.75, 3.05) is 18.4 Å². The zero-order chi connectivity index (χ0) is 19.6. The molecule has 1 saturated heterocycles. The summed E-state index contributed by atoms with van der Waals surface area (Å²) < 4.78 is 32.4. The Morgan fingerprint density at radius 1 is 1.04 bits per heavy atom. The van der Waals surface area contributed by atoms with E-state index in [2.05, 4.69) is 5.32 Å². The van der Waals surface area contributed by atoms with Crippen LogP contribution in [-0.2, 0) is 4.74 Å². The van der Waals surface area contributed by atoms with Crippen molar-refractivity contribution in [3.8, 4) is 0 Å². The second-order valence-electron chi connectivity index (χ2n) is 6.63. The van der Waals surface area contributed by atoms with Gasteiger partial charge in [-0.25, -0.2) is 8.78 Å². The van der Waals surface area contributed by atoms with Gasteiger partial charge in [0.2, 0.25) is 0 Å². The highest BCUT2D eigenvalue weighted by atomic mass is 19.1. The maximum absolute atomic E-state index is 13.4. The number of hydrogen-bond donors (Lipinski definition) is 1. The molecule has 7 heteroatoms. The molecule has 2 atom stereocenters. The van der Waals surface area contributed by atoms with E-state index in [1.54, 1.807) is 29.2 Å². The van der Waals surface area contributed by atoms with Crippen LogP contribution in [0.2, 0.25) is 0 Å². The summed E-state index contributed by atoms with van der Waals surface area (Å²) in [5.41, 5.74) is 0.427. The number of nitrogens with one attached hydrogen (secondary N) is 1. The number of hydrogen-bond acceptors (Lipinski definition) is 3. The highest BCUT2D eigenvalue weighted by Crippen LogP contribution is 2.21. The lowest BCUT2D eigenvalue weighted by Gasteiger charge is -2.35. The van der Waals surface area contributed by atoms with Crippen molar-refractivity contribution >= 4 is 17.5 Å². The van der Waals surface area contributed by atoms with Gasteiger partial charge in [0.25, 0.3) is 11.8 Å². The van der Waals surface area contributed by atoms with Crippen molar-refractivity contribution in [3.05, 3.63) is 65.2 Å². The summed E-state index contributed by atoms with van der Waals surface area (Å²) in [6.45, 7) is 4.67. The molecule has 0 saturated carbocycles. The molecular weight excluding hydrogens is 354 g/mol. The molecule has 142 valence electrons. The molecule has 0 unspecified atom stereocenters. The van der Waals surface area contributed by atoms with Crippen molar-refractivity contribution in [2.45, 2.75) is 26.1 Å². The van der Waals surface area contributed by atoms with Crippen LogP contribution < -0.4 is 5.32 Å². The minimum atomic E-state index is -0.846. The molecule has 0 bridgehead atoms. The number of morpholine rings is 1. The maximum atomic E-state index is 13.4. The number of benzene rings is 2.